The van der Waals surface area contributed by atoms with Crippen molar-refractivity contribution >= 4 is 11.8 Å². The van der Waals surface area contributed by atoms with Gasteiger partial charge in [-0.3, -0.25) is 9.88 Å². The first-order valence-electron chi connectivity index (χ1n) is 9.69. The van der Waals surface area contributed by atoms with E-state index in [1.165, 1.54) is 50.1 Å². The minimum absolute atomic E-state index is 0.349. The van der Waals surface area contributed by atoms with Crippen LogP contribution >= 0.6 is 11.8 Å². The number of likely N-dealkylation sites (tertiary alicyclic amines) is 2. The molecule has 2 aliphatic rings. The van der Waals surface area contributed by atoms with Crippen molar-refractivity contribution < 1.29 is 5.11 Å². The maximum Gasteiger partial charge on any atom is 0.0476 e. The van der Waals surface area contributed by atoms with E-state index in [9.17, 15) is 5.11 Å². The lowest BCUT2D eigenvalue weighted by molar-refractivity contribution is -0.0427. The Hall–Kier alpha value is -0.620. The van der Waals surface area contributed by atoms with E-state index in [0.717, 1.165) is 26.2 Å². The smallest absolute Gasteiger partial charge is 0.0476 e. The van der Waals surface area contributed by atoms with Gasteiger partial charge in [-0.05, 0) is 80.9 Å². The summed E-state index contributed by atoms with van der Waals surface area (Å²) >= 11 is 1.93. The number of aliphatic hydroxyl groups is 1. The van der Waals surface area contributed by atoms with Crippen molar-refractivity contribution in [2.75, 3.05) is 51.3 Å². The zero-order chi connectivity index (χ0) is 17.5. The second-order valence-corrected chi connectivity index (χ2v) is 8.76. The molecule has 3 rings (SSSR count). The number of thioether (sulfide) groups is 1. The quantitative estimate of drug-likeness (QED) is 0.754. The summed E-state index contributed by atoms with van der Waals surface area (Å²) in [6.45, 7) is 7.16. The van der Waals surface area contributed by atoms with Gasteiger partial charge in [0, 0.05) is 38.0 Å². The normalized spacial score (nSPS) is 24.6. The van der Waals surface area contributed by atoms with Crippen LogP contribution in [0.15, 0.2) is 24.5 Å². The van der Waals surface area contributed by atoms with Crippen molar-refractivity contribution in [3.63, 3.8) is 0 Å². The lowest BCUT2D eigenvalue weighted by Crippen LogP contribution is -2.53. The van der Waals surface area contributed by atoms with E-state index >= 15 is 0 Å². The fourth-order valence-electron chi connectivity index (χ4n) is 4.63. The van der Waals surface area contributed by atoms with Gasteiger partial charge >= 0.3 is 0 Å². The van der Waals surface area contributed by atoms with E-state index in [2.05, 4.69) is 27.1 Å². The molecule has 1 spiro atoms. The van der Waals surface area contributed by atoms with Crippen molar-refractivity contribution in [3.05, 3.63) is 30.1 Å². The van der Waals surface area contributed by atoms with Crippen LogP contribution < -0.4 is 0 Å². The Labute approximate surface area is 157 Å². The van der Waals surface area contributed by atoms with Gasteiger partial charge in [0.05, 0.1) is 0 Å². The topological polar surface area (TPSA) is 39.6 Å². The van der Waals surface area contributed by atoms with E-state index < -0.39 is 0 Å². The van der Waals surface area contributed by atoms with Gasteiger partial charge in [0.25, 0.3) is 0 Å². The molecule has 0 amide bonds. The van der Waals surface area contributed by atoms with Crippen LogP contribution in [0.3, 0.4) is 0 Å². The number of aromatic nitrogens is 1. The summed E-state index contributed by atoms with van der Waals surface area (Å²) in [6, 6.07) is 4.19. The summed E-state index contributed by atoms with van der Waals surface area (Å²) in [6.07, 6.45) is 11.0. The first kappa shape index (κ1) is 19.2. The number of hydrogen-bond donors (Lipinski definition) is 1. The van der Waals surface area contributed by atoms with Crippen LogP contribution in [0.25, 0.3) is 0 Å². The summed E-state index contributed by atoms with van der Waals surface area (Å²) < 4.78 is 0. The monoisotopic (exact) mass is 363 g/mol. The first-order chi connectivity index (χ1) is 12.3. The summed E-state index contributed by atoms with van der Waals surface area (Å²) in [5, 5.41) is 10.0. The second kappa shape index (κ2) is 9.36. The lowest BCUT2D eigenvalue weighted by atomic mass is 9.64. The minimum atomic E-state index is 0.349. The van der Waals surface area contributed by atoms with Gasteiger partial charge in [-0.15, -0.1) is 0 Å². The maximum absolute atomic E-state index is 10.0. The molecule has 2 saturated heterocycles. The Morgan fingerprint density at radius 3 is 2.64 bits per heavy atom. The lowest BCUT2D eigenvalue weighted by Gasteiger charge is -2.51. The fourth-order valence-corrected chi connectivity index (χ4v) is 5.05. The van der Waals surface area contributed by atoms with Crippen LogP contribution in [0.5, 0.6) is 0 Å². The highest BCUT2D eigenvalue weighted by molar-refractivity contribution is 7.98. The van der Waals surface area contributed by atoms with Crippen molar-refractivity contribution in [2.45, 2.75) is 32.2 Å². The minimum Gasteiger partial charge on any atom is -0.396 e. The molecule has 5 heteroatoms. The van der Waals surface area contributed by atoms with Gasteiger partial charge in [0.2, 0.25) is 0 Å². The first-order valence-corrected chi connectivity index (χ1v) is 11.1. The van der Waals surface area contributed by atoms with Crippen molar-refractivity contribution in [1.29, 1.82) is 0 Å². The molecular weight excluding hydrogens is 330 g/mol. The van der Waals surface area contributed by atoms with Crippen LogP contribution in [0, 0.1) is 11.3 Å². The van der Waals surface area contributed by atoms with Crippen molar-refractivity contribution in [3.8, 4) is 0 Å². The Balaban J connectivity index is 1.51. The van der Waals surface area contributed by atoms with Crippen LogP contribution in [0.2, 0.25) is 0 Å². The van der Waals surface area contributed by atoms with Crippen molar-refractivity contribution in [2.24, 2.45) is 11.3 Å². The molecule has 0 aromatic carbocycles. The van der Waals surface area contributed by atoms with Crippen molar-refractivity contribution in [1.82, 2.24) is 14.8 Å². The SMILES string of the molecule is CSCCCN1CCC2(CCN(Cc3cccnc3)CC2)[C@@H](CO)C1. The molecule has 0 unspecified atom stereocenters. The number of hydrogen-bond acceptors (Lipinski definition) is 5. The van der Waals surface area contributed by atoms with E-state index in [1.54, 1.807) is 0 Å². The highest BCUT2D eigenvalue weighted by atomic mass is 32.2. The van der Waals surface area contributed by atoms with Crippen LogP contribution in [0.1, 0.15) is 31.2 Å². The largest absolute Gasteiger partial charge is 0.396 e. The number of piperidine rings is 2. The van der Waals surface area contributed by atoms with Crippen LogP contribution in [-0.2, 0) is 6.54 Å². The molecular formula is C20H33N3OS. The van der Waals surface area contributed by atoms with E-state index in [1.807, 2.05) is 30.2 Å². The summed E-state index contributed by atoms with van der Waals surface area (Å²) in [5.74, 6) is 1.70. The number of pyridine rings is 1. The average molecular weight is 364 g/mol. The molecule has 0 saturated carbocycles. The van der Waals surface area contributed by atoms with Crippen LogP contribution in [0.4, 0.5) is 0 Å². The average Bonchev–Trinajstić information content (AvgIpc) is 2.66. The number of aliphatic hydroxyl groups excluding tert-OH is 1. The molecule has 0 aliphatic carbocycles. The summed E-state index contributed by atoms with van der Waals surface area (Å²) in [7, 11) is 0. The highest BCUT2D eigenvalue weighted by Crippen LogP contribution is 2.45. The maximum atomic E-state index is 10.0. The Kier molecular flexibility index (Phi) is 7.17. The number of rotatable bonds is 7. The summed E-state index contributed by atoms with van der Waals surface area (Å²) in [5.41, 5.74) is 1.68. The Bertz CT molecular complexity index is 505. The molecule has 4 nitrogen and oxygen atoms in total. The predicted molar refractivity (Wildman–Crippen MR) is 106 cm³/mol. The van der Waals surface area contributed by atoms with Gasteiger partial charge in [-0.1, -0.05) is 6.07 Å². The third-order valence-corrected chi connectivity index (χ3v) is 6.99. The van der Waals surface area contributed by atoms with E-state index in [0.29, 0.717) is 17.9 Å². The van der Waals surface area contributed by atoms with Gasteiger partial charge in [-0.2, -0.15) is 11.8 Å². The molecule has 140 valence electrons. The van der Waals surface area contributed by atoms with Gasteiger partial charge in [0.1, 0.15) is 0 Å². The Morgan fingerprint density at radius 1 is 1.24 bits per heavy atom. The highest BCUT2D eigenvalue weighted by Gasteiger charge is 2.44. The molecule has 2 fully saturated rings. The molecule has 2 aliphatic heterocycles. The molecule has 1 aromatic rings. The van der Waals surface area contributed by atoms with E-state index in [-0.39, 0.29) is 0 Å². The Morgan fingerprint density at radius 2 is 2.00 bits per heavy atom. The molecule has 3 heterocycles. The standard InChI is InChI=1S/C20H33N3OS/c1-25-13-3-9-22-10-5-20(19(16-22)17-24)6-11-23(12-7-20)15-18-4-2-8-21-14-18/h2,4,8,14,19,24H,3,5-7,9-13,15-17H2,1H3/t19-/m1/s1. The summed E-state index contributed by atoms with van der Waals surface area (Å²) in [4.78, 5) is 9.38. The van der Waals surface area contributed by atoms with Gasteiger partial charge < -0.3 is 10.0 Å². The second-order valence-electron chi connectivity index (χ2n) is 7.78. The zero-order valence-corrected chi connectivity index (χ0v) is 16.4. The number of nitrogens with zero attached hydrogens (tertiary/aromatic N) is 3. The molecule has 1 atom stereocenters. The molecule has 0 radical (unpaired) electrons. The molecule has 0 bridgehead atoms. The molecule has 1 N–H and O–H groups in total. The third-order valence-electron chi connectivity index (χ3n) is 6.29. The van der Waals surface area contributed by atoms with Crippen LogP contribution in [-0.4, -0.2) is 71.2 Å². The molecule has 1 aromatic heterocycles. The van der Waals surface area contributed by atoms with Gasteiger partial charge in [0.15, 0.2) is 0 Å². The molecule has 25 heavy (non-hydrogen) atoms. The van der Waals surface area contributed by atoms with Gasteiger partial charge in [-0.25, -0.2) is 0 Å². The predicted octanol–water partition coefficient (Wildman–Crippen LogP) is 2.73. The fraction of sp³-hybridized carbons (Fsp3) is 0.750. The zero-order valence-electron chi connectivity index (χ0n) is 15.6. The van der Waals surface area contributed by atoms with E-state index in [4.69, 9.17) is 0 Å². The third kappa shape index (κ3) is 4.97.